The van der Waals surface area contributed by atoms with Gasteiger partial charge in [-0.05, 0) is 19.1 Å². The standard InChI is InChI=1S/C14H18N4O2S/c1-9-13(21-8-16-9)7-18(2)12-6-10(20-3)4-5-11(12)14(15)17-19/h4-6,8,19H,7H2,1-3H3,(H2,15,17). The Balaban J connectivity index is 2.38. The van der Waals surface area contributed by atoms with Gasteiger partial charge in [0.1, 0.15) is 5.75 Å². The molecule has 21 heavy (non-hydrogen) atoms. The molecular weight excluding hydrogens is 288 g/mol. The first-order chi connectivity index (χ1) is 10.1. The molecule has 0 bridgehead atoms. The molecule has 0 unspecified atom stereocenters. The molecule has 1 heterocycles. The number of thiazole rings is 1. The third-order valence-electron chi connectivity index (χ3n) is 3.23. The maximum absolute atomic E-state index is 8.93. The molecule has 0 atom stereocenters. The minimum Gasteiger partial charge on any atom is -0.497 e. The number of nitrogens with zero attached hydrogens (tertiary/aromatic N) is 3. The monoisotopic (exact) mass is 306 g/mol. The predicted octanol–water partition coefficient (Wildman–Crippen LogP) is 2.19. The van der Waals surface area contributed by atoms with Gasteiger partial charge in [0.05, 0.1) is 30.5 Å². The molecule has 0 saturated heterocycles. The van der Waals surface area contributed by atoms with E-state index in [1.807, 2.05) is 30.4 Å². The summed E-state index contributed by atoms with van der Waals surface area (Å²) < 4.78 is 5.25. The summed E-state index contributed by atoms with van der Waals surface area (Å²) in [6.07, 6.45) is 0. The fraction of sp³-hybridized carbons (Fsp3) is 0.286. The molecule has 0 radical (unpaired) electrons. The molecule has 0 aliphatic rings. The lowest BCUT2D eigenvalue weighted by Crippen LogP contribution is -2.22. The Morgan fingerprint density at radius 3 is 2.86 bits per heavy atom. The minimum atomic E-state index is 0.0699. The average Bonchev–Trinajstić information content (AvgIpc) is 2.90. The van der Waals surface area contributed by atoms with Gasteiger partial charge >= 0.3 is 0 Å². The van der Waals surface area contributed by atoms with Gasteiger partial charge in [-0.2, -0.15) is 0 Å². The first-order valence-electron chi connectivity index (χ1n) is 6.32. The third kappa shape index (κ3) is 3.25. The molecule has 0 spiro atoms. The Hall–Kier alpha value is -2.28. The molecule has 7 heteroatoms. The molecule has 3 N–H and O–H groups in total. The van der Waals surface area contributed by atoms with Crippen molar-refractivity contribution in [3.63, 3.8) is 0 Å². The van der Waals surface area contributed by atoms with Crippen molar-refractivity contribution in [2.24, 2.45) is 10.9 Å². The first-order valence-corrected chi connectivity index (χ1v) is 7.20. The number of rotatable bonds is 5. The molecule has 1 aromatic carbocycles. The molecule has 6 nitrogen and oxygen atoms in total. The molecule has 0 saturated carbocycles. The molecule has 0 fully saturated rings. The molecule has 112 valence electrons. The summed E-state index contributed by atoms with van der Waals surface area (Å²) in [6, 6.07) is 5.42. The number of amidine groups is 1. The van der Waals surface area contributed by atoms with E-state index in [9.17, 15) is 0 Å². The van der Waals surface area contributed by atoms with Crippen molar-refractivity contribution in [3.8, 4) is 5.75 Å². The smallest absolute Gasteiger partial charge is 0.172 e. The van der Waals surface area contributed by atoms with Crippen LogP contribution >= 0.6 is 11.3 Å². The van der Waals surface area contributed by atoms with Gasteiger partial charge < -0.3 is 20.6 Å². The summed E-state index contributed by atoms with van der Waals surface area (Å²) in [5, 5.41) is 12.0. The Morgan fingerprint density at radius 2 is 2.29 bits per heavy atom. The van der Waals surface area contributed by atoms with Crippen molar-refractivity contribution < 1.29 is 9.94 Å². The highest BCUT2D eigenvalue weighted by atomic mass is 32.1. The van der Waals surface area contributed by atoms with Crippen LogP contribution in [0.3, 0.4) is 0 Å². The zero-order valence-corrected chi connectivity index (χ0v) is 13.0. The number of aromatic nitrogens is 1. The van der Waals surface area contributed by atoms with Gasteiger partial charge in [0.15, 0.2) is 5.84 Å². The van der Waals surface area contributed by atoms with Crippen molar-refractivity contribution in [3.05, 3.63) is 39.8 Å². The van der Waals surface area contributed by atoms with E-state index < -0.39 is 0 Å². The summed E-state index contributed by atoms with van der Waals surface area (Å²) in [7, 11) is 3.55. The fourth-order valence-corrected chi connectivity index (χ4v) is 2.83. The van der Waals surface area contributed by atoms with Crippen LogP contribution in [0, 0.1) is 6.92 Å². The van der Waals surface area contributed by atoms with Crippen molar-refractivity contribution in [1.82, 2.24) is 4.98 Å². The maximum atomic E-state index is 8.93. The lowest BCUT2D eigenvalue weighted by molar-refractivity contribution is 0.318. The van der Waals surface area contributed by atoms with Crippen LogP contribution < -0.4 is 15.4 Å². The van der Waals surface area contributed by atoms with E-state index in [0.717, 1.165) is 11.4 Å². The lowest BCUT2D eigenvalue weighted by Gasteiger charge is -2.22. The van der Waals surface area contributed by atoms with E-state index >= 15 is 0 Å². The molecule has 0 aliphatic heterocycles. The van der Waals surface area contributed by atoms with Crippen LogP contribution in [-0.2, 0) is 6.54 Å². The van der Waals surface area contributed by atoms with Gasteiger partial charge in [-0.1, -0.05) is 5.16 Å². The van der Waals surface area contributed by atoms with Crippen LogP contribution in [0.4, 0.5) is 5.69 Å². The number of hydrogen-bond donors (Lipinski definition) is 2. The topological polar surface area (TPSA) is 84.0 Å². The minimum absolute atomic E-state index is 0.0699. The number of aryl methyl sites for hydroxylation is 1. The SMILES string of the molecule is COc1ccc(/C(N)=N/O)c(N(C)Cc2scnc2C)c1. The van der Waals surface area contributed by atoms with Gasteiger partial charge in [0.25, 0.3) is 0 Å². The quantitative estimate of drug-likeness (QED) is 0.383. The Morgan fingerprint density at radius 1 is 1.52 bits per heavy atom. The van der Waals surface area contributed by atoms with Crippen molar-refractivity contribution >= 4 is 22.9 Å². The summed E-state index contributed by atoms with van der Waals surface area (Å²) >= 11 is 1.61. The number of oxime groups is 1. The summed E-state index contributed by atoms with van der Waals surface area (Å²) in [4.78, 5) is 7.45. The summed E-state index contributed by atoms with van der Waals surface area (Å²) in [5.41, 5.74) is 10.1. The van der Waals surface area contributed by atoms with Gasteiger partial charge in [0, 0.05) is 23.6 Å². The van der Waals surface area contributed by atoms with E-state index in [2.05, 4.69) is 10.1 Å². The summed E-state index contributed by atoms with van der Waals surface area (Å²) in [6.45, 7) is 2.67. The third-order valence-corrected chi connectivity index (χ3v) is 4.15. The Bertz CT molecular complexity index is 654. The number of ether oxygens (including phenoxy) is 1. The van der Waals surface area contributed by atoms with E-state index in [0.29, 0.717) is 17.9 Å². The second-order valence-electron chi connectivity index (χ2n) is 4.59. The first kappa shape index (κ1) is 15.1. The highest BCUT2D eigenvalue weighted by Gasteiger charge is 2.14. The van der Waals surface area contributed by atoms with Crippen molar-refractivity contribution in [2.45, 2.75) is 13.5 Å². The molecular formula is C14H18N4O2S. The second-order valence-corrected chi connectivity index (χ2v) is 5.52. The van der Waals surface area contributed by atoms with Crippen LogP contribution in [0.5, 0.6) is 5.75 Å². The highest BCUT2D eigenvalue weighted by molar-refractivity contribution is 7.09. The molecule has 1 aromatic heterocycles. The molecule has 2 aromatic rings. The number of hydrogen-bond acceptors (Lipinski definition) is 6. The predicted molar refractivity (Wildman–Crippen MR) is 84.5 cm³/mol. The fourth-order valence-electron chi connectivity index (χ4n) is 2.00. The summed E-state index contributed by atoms with van der Waals surface area (Å²) in [5.74, 6) is 0.785. The molecule has 0 amide bonds. The van der Waals surface area contributed by atoms with E-state index in [1.54, 1.807) is 30.6 Å². The molecule has 0 aliphatic carbocycles. The van der Waals surface area contributed by atoms with Crippen LogP contribution in [0.1, 0.15) is 16.1 Å². The highest BCUT2D eigenvalue weighted by Crippen LogP contribution is 2.27. The molecule has 2 rings (SSSR count). The van der Waals surface area contributed by atoms with E-state index in [1.165, 1.54) is 4.88 Å². The zero-order chi connectivity index (χ0) is 15.4. The Labute approximate surface area is 127 Å². The normalized spacial score (nSPS) is 11.5. The van der Waals surface area contributed by atoms with Gasteiger partial charge in [-0.3, -0.25) is 0 Å². The van der Waals surface area contributed by atoms with E-state index in [4.69, 9.17) is 15.7 Å². The lowest BCUT2D eigenvalue weighted by atomic mass is 10.1. The van der Waals surface area contributed by atoms with Crippen molar-refractivity contribution in [1.29, 1.82) is 0 Å². The van der Waals surface area contributed by atoms with E-state index in [-0.39, 0.29) is 5.84 Å². The average molecular weight is 306 g/mol. The number of nitrogens with two attached hydrogens (primary N) is 1. The zero-order valence-electron chi connectivity index (χ0n) is 12.2. The number of benzene rings is 1. The maximum Gasteiger partial charge on any atom is 0.172 e. The van der Waals surface area contributed by atoms with Gasteiger partial charge in [0.2, 0.25) is 0 Å². The number of anilines is 1. The van der Waals surface area contributed by atoms with Crippen molar-refractivity contribution in [2.75, 3.05) is 19.1 Å². The largest absolute Gasteiger partial charge is 0.497 e. The number of methoxy groups -OCH3 is 1. The van der Waals surface area contributed by atoms with Crippen LogP contribution in [0.2, 0.25) is 0 Å². The van der Waals surface area contributed by atoms with Gasteiger partial charge in [-0.25, -0.2) is 4.98 Å². The van der Waals surface area contributed by atoms with Gasteiger partial charge in [-0.15, -0.1) is 11.3 Å². The van der Waals surface area contributed by atoms with Crippen LogP contribution in [-0.4, -0.2) is 30.2 Å². The van der Waals surface area contributed by atoms with Crippen LogP contribution in [0.15, 0.2) is 28.9 Å². The second kappa shape index (κ2) is 6.45. The Kier molecular flexibility index (Phi) is 4.64. The van der Waals surface area contributed by atoms with Crippen LogP contribution in [0.25, 0.3) is 0 Å².